The molecule has 0 aliphatic rings. The maximum atomic E-state index is 11.9. The molecule has 0 aliphatic heterocycles. The summed E-state index contributed by atoms with van der Waals surface area (Å²) in [4.78, 5) is 11.9. The lowest BCUT2D eigenvalue weighted by Crippen LogP contribution is -2.45. The molecule has 0 radical (unpaired) electrons. The number of ether oxygens (including phenoxy) is 1. The number of hydrogen-bond acceptors (Lipinski definition) is 3. The fourth-order valence-electron chi connectivity index (χ4n) is 2.19. The standard InChI is InChI=1S/C16H25NO2/c1-11(2)14(13-9-7-6-8-10-13)17-15(12(3)4)16(18)19-5/h6-12,14-15,17H,1-5H3. The van der Waals surface area contributed by atoms with E-state index in [-0.39, 0.29) is 24.0 Å². The molecular formula is C16H25NO2. The molecule has 2 atom stereocenters. The molecule has 0 aliphatic carbocycles. The van der Waals surface area contributed by atoms with Crippen LogP contribution in [-0.4, -0.2) is 19.1 Å². The van der Waals surface area contributed by atoms with Gasteiger partial charge in [0.25, 0.3) is 0 Å². The van der Waals surface area contributed by atoms with Crippen molar-refractivity contribution >= 4 is 5.97 Å². The maximum absolute atomic E-state index is 11.9. The topological polar surface area (TPSA) is 38.3 Å². The van der Waals surface area contributed by atoms with Crippen molar-refractivity contribution in [2.45, 2.75) is 39.8 Å². The number of carbonyl (C=O) groups excluding carboxylic acids is 1. The predicted molar refractivity (Wildman–Crippen MR) is 77.8 cm³/mol. The molecule has 0 heterocycles. The fourth-order valence-corrected chi connectivity index (χ4v) is 2.19. The molecule has 3 heteroatoms. The monoisotopic (exact) mass is 263 g/mol. The van der Waals surface area contributed by atoms with Gasteiger partial charge >= 0.3 is 5.97 Å². The van der Waals surface area contributed by atoms with Gasteiger partial charge in [-0.1, -0.05) is 58.0 Å². The highest BCUT2D eigenvalue weighted by atomic mass is 16.5. The van der Waals surface area contributed by atoms with Gasteiger partial charge in [0.15, 0.2) is 0 Å². The molecule has 0 amide bonds. The highest BCUT2D eigenvalue weighted by Crippen LogP contribution is 2.23. The summed E-state index contributed by atoms with van der Waals surface area (Å²) in [5.41, 5.74) is 1.20. The van der Waals surface area contributed by atoms with Gasteiger partial charge in [-0.05, 0) is 17.4 Å². The molecular weight excluding hydrogens is 238 g/mol. The van der Waals surface area contributed by atoms with Crippen LogP contribution < -0.4 is 5.32 Å². The first-order chi connectivity index (χ1) is 8.97. The summed E-state index contributed by atoms with van der Waals surface area (Å²) >= 11 is 0. The van der Waals surface area contributed by atoms with Crippen LogP contribution in [0.5, 0.6) is 0 Å². The smallest absolute Gasteiger partial charge is 0.323 e. The van der Waals surface area contributed by atoms with Gasteiger partial charge in [0.1, 0.15) is 6.04 Å². The Labute approximate surface area is 116 Å². The van der Waals surface area contributed by atoms with E-state index in [1.54, 1.807) is 0 Å². The van der Waals surface area contributed by atoms with Gasteiger partial charge < -0.3 is 4.74 Å². The minimum absolute atomic E-state index is 0.146. The summed E-state index contributed by atoms with van der Waals surface area (Å²) in [6.07, 6.45) is 0. The molecule has 0 saturated carbocycles. The predicted octanol–water partition coefficient (Wildman–Crippen LogP) is 3.17. The van der Waals surface area contributed by atoms with Crippen molar-refractivity contribution in [2.24, 2.45) is 11.8 Å². The van der Waals surface area contributed by atoms with Crippen LogP contribution in [-0.2, 0) is 9.53 Å². The molecule has 1 aromatic rings. The van der Waals surface area contributed by atoms with Crippen molar-refractivity contribution < 1.29 is 9.53 Å². The van der Waals surface area contributed by atoms with Crippen LogP contribution in [0.1, 0.15) is 39.3 Å². The van der Waals surface area contributed by atoms with Crippen molar-refractivity contribution in [1.29, 1.82) is 0 Å². The fraction of sp³-hybridized carbons (Fsp3) is 0.562. The van der Waals surface area contributed by atoms with E-state index in [1.165, 1.54) is 12.7 Å². The van der Waals surface area contributed by atoms with Crippen molar-refractivity contribution in [1.82, 2.24) is 5.32 Å². The first-order valence-electron chi connectivity index (χ1n) is 6.86. The second-order valence-corrected chi connectivity index (χ2v) is 5.54. The lowest BCUT2D eigenvalue weighted by molar-refractivity contribution is -0.144. The number of benzene rings is 1. The van der Waals surface area contributed by atoms with E-state index in [2.05, 4.69) is 31.3 Å². The van der Waals surface area contributed by atoms with Crippen LogP contribution in [0, 0.1) is 11.8 Å². The number of carbonyl (C=O) groups is 1. The van der Waals surface area contributed by atoms with Gasteiger partial charge in [0.05, 0.1) is 7.11 Å². The molecule has 1 rings (SSSR count). The molecule has 1 aromatic carbocycles. The lowest BCUT2D eigenvalue weighted by atomic mass is 9.93. The number of methoxy groups -OCH3 is 1. The third-order valence-electron chi connectivity index (χ3n) is 3.31. The zero-order valence-corrected chi connectivity index (χ0v) is 12.5. The summed E-state index contributed by atoms with van der Waals surface area (Å²) in [6, 6.07) is 10.1. The number of esters is 1. The molecule has 19 heavy (non-hydrogen) atoms. The van der Waals surface area contributed by atoms with Crippen molar-refractivity contribution in [3.05, 3.63) is 35.9 Å². The van der Waals surface area contributed by atoms with Gasteiger partial charge in [-0.15, -0.1) is 0 Å². The van der Waals surface area contributed by atoms with Gasteiger partial charge in [-0.3, -0.25) is 10.1 Å². The number of hydrogen-bond donors (Lipinski definition) is 1. The normalized spacial score (nSPS) is 14.5. The second-order valence-electron chi connectivity index (χ2n) is 5.54. The summed E-state index contributed by atoms with van der Waals surface area (Å²) < 4.78 is 4.89. The molecule has 0 fully saturated rings. The molecule has 3 nitrogen and oxygen atoms in total. The van der Waals surface area contributed by atoms with Crippen molar-refractivity contribution in [3.8, 4) is 0 Å². The maximum Gasteiger partial charge on any atom is 0.323 e. The van der Waals surface area contributed by atoms with E-state index in [1.807, 2.05) is 32.0 Å². The minimum atomic E-state index is -0.280. The molecule has 0 bridgehead atoms. The molecule has 106 valence electrons. The quantitative estimate of drug-likeness (QED) is 0.801. The van der Waals surface area contributed by atoms with Gasteiger partial charge in [0.2, 0.25) is 0 Å². The lowest BCUT2D eigenvalue weighted by Gasteiger charge is -2.29. The third-order valence-corrected chi connectivity index (χ3v) is 3.31. The van der Waals surface area contributed by atoms with E-state index < -0.39 is 0 Å². The van der Waals surface area contributed by atoms with E-state index >= 15 is 0 Å². The summed E-state index contributed by atoms with van der Waals surface area (Å²) in [7, 11) is 1.44. The van der Waals surface area contributed by atoms with Crippen LogP contribution in [0.4, 0.5) is 0 Å². The summed E-state index contributed by atoms with van der Waals surface area (Å²) in [5.74, 6) is 0.391. The van der Waals surface area contributed by atoms with Crippen LogP contribution in [0.3, 0.4) is 0 Å². The Morgan fingerprint density at radius 2 is 1.63 bits per heavy atom. The average Bonchev–Trinajstić information content (AvgIpc) is 2.39. The van der Waals surface area contributed by atoms with Crippen molar-refractivity contribution in [3.63, 3.8) is 0 Å². The Kier molecular flexibility index (Phi) is 6.03. The first-order valence-corrected chi connectivity index (χ1v) is 6.86. The van der Waals surface area contributed by atoms with Crippen LogP contribution >= 0.6 is 0 Å². The highest BCUT2D eigenvalue weighted by Gasteiger charge is 2.27. The van der Waals surface area contributed by atoms with Gasteiger partial charge in [-0.2, -0.15) is 0 Å². The molecule has 2 unspecified atom stereocenters. The van der Waals surface area contributed by atoms with Crippen LogP contribution in [0.2, 0.25) is 0 Å². The SMILES string of the molecule is COC(=O)C(NC(c1ccccc1)C(C)C)C(C)C. The molecule has 0 aromatic heterocycles. The van der Waals surface area contributed by atoms with Gasteiger partial charge in [-0.25, -0.2) is 0 Å². The average molecular weight is 263 g/mol. The number of rotatable bonds is 6. The Balaban J connectivity index is 2.92. The minimum Gasteiger partial charge on any atom is -0.468 e. The zero-order chi connectivity index (χ0) is 14.4. The molecule has 1 N–H and O–H groups in total. The Hall–Kier alpha value is -1.35. The Bertz CT molecular complexity index is 387. The number of nitrogens with one attached hydrogen (secondary N) is 1. The second kappa shape index (κ2) is 7.29. The first kappa shape index (κ1) is 15.7. The Morgan fingerprint density at radius 3 is 2.05 bits per heavy atom. The summed E-state index contributed by atoms with van der Waals surface area (Å²) in [6.45, 7) is 8.35. The summed E-state index contributed by atoms with van der Waals surface area (Å²) in [5, 5.41) is 3.45. The third kappa shape index (κ3) is 4.35. The largest absolute Gasteiger partial charge is 0.468 e. The van der Waals surface area contributed by atoms with Crippen molar-refractivity contribution in [2.75, 3.05) is 7.11 Å². The van der Waals surface area contributed by atoms with E-state index in [4.69, 9.17) is 4.74 Å². The van der Waals surface area contributed by atoms with Gasteiger partial charge in [0, 0.05) is 6.04 Å². The van der Waals surface area contributed by atoms with Crippen LogP contribution in [0.15, 0.2) is 30.3 Å². The zero-order valence-electron chi connectivity index (χ0n) is 12.5. The van der Waals surface area contributed by atoms with E-state index in [0.29, 0.717) is 5.92 Å². The molecule has 0 saturated heterocycles. The van der Waals surface area contributed by atoms with E-state index in [0.717, 1.165) is 0 Å². The Morgan fingerprint density at radius 1 is 1.05 bits per heavy atom. The highest BCUT2D eigenvalue weighted by molar-refractivity contribution is 5.76. The van der Waals surface area contributed by atoms with Crippen LogP contribution in [0.25, 0.3) is 0 Å². The van der Waals surface area contributed by atoms with E-state index in [9.17, 15) is 4.79 Å². The molecule has 0 spiro atoms.